The third kappa shape index (κ3) is 2.56. The van der Waals surface area contributed by atoms with E-state index in [4.69, 9.17) is 0 Å². The molecule has 2 rings (SSSR count). The molecule has 2 aromatic rings. The van der Waals surface area contributed by atoms with E-state index in [2.05, 4.69) is 15.2 Å². The Balaban J connectivity index is 2.19. The summed E-state index contributed by atoms with van der Waals surface area (Å²) in [5, 5.41) is 16.1. The van der Waals surface area contributed by atoms with E-state index in [-0.39, 0.29) is 5.69 Å². The molecule has 0 fully saturated rings. The van der Waals surface area contributed by atoms with Gasteiger partial charge in [0.2, 0.25) is 0 Å². The van der Waals surface area contributed by atoms with Crippen LogP contribution in [-0.2, 0) is 7.05 Å². The van der Waals surface area contributed by atoms with E-state index < -0.39 is 6.10 Å². The SMILES string of the molecule is C[C@H](O)c1ccc(Sc2n[nH]c(=O)n2C)cn1. The molecule has 0 aliphatic rings. The van der Waals surface area contributed by atoms with Crippen molar-refractivity contribution in [2.45, 2.75) is 23.1 Å². The highest BCUT2D eigenvalue weighted by atomic mass is 32.2. The molecule has 0 bridgehead atoms. The molecule has 0 aliphatic carbocycles. The molecule has 17 heavy (non-hydrogen) atoms. The van der Waals surface area contributed by atoms with Gasteiger partial charge in [0.1, 0.15) is 0 Å². The van der Waals surface area contributed by atoms with Crippen molar-refractivity contribution in [1.82, 2.24) is 19.7 Å². The predicted octanol–water partition coefficient (Wildman–Crippen LogP) is 0.708. The molecular formula is C10H12N4O2S. The number of aliphatic hydroxyl groups excluding tert-OH is 1. The van der Waals surface area contributed by atoms with Crippen LogP contribution in [0.1, 0.15) is 18.7 Å². The Hall–Kier alpha value is -1.60. The van der Waals surface area contributed by atoms with Crippen LogP contribution in [0, 0.1) is 0 Å². The highest BCUT2D eigenvalue weighted by Gasteiger charge is 2.07. The first-order valence-electron chi connectivity index (χ1n) is 5.01. The first-order valence-corrected chi connectivity index (χ1v) is 5.83. The topological polar surface area (TPSA) is 83.8 Å². The minimum Gasteiger partial charge on any atom is -0.387 e. The zero-order chi connectivity index (χ0) is 12.4. The molecule has 0 amide bonds. The molecule has 1 atom stereocenters. The van der Waals surface area contributed by atoms with Crippen molar-refractivity contribution in [1.29, 1.82) is 0 Å². The van der Waals surface area contributed by atoms with Crippen LogP contribution in [0.25, 0.3) is 0 Å². The van der Waals surface area contributed by atoms with Crippen molar-refractivity contribution >= 4 is 11.8 Å². The van der Waals surface area contributed by atoms with Crippen LogP contribution in [0.5, 0.6) is 0 Å². The van der Waals surface area contributed by atoms with Gasteiger partial charge >= 0.3 is 5.69 Å². The van der Waals surface area contributed by atoms with E-state index in [0.717, 1.165) is 4.90 Å². The minimum atomic E-state index is -0.580. The highest BCUT2D eigenvalue weighted by Crippen LogP contribution is 2.24. The Bertz CT molecular complexity index is 558. The van der Waals surface area contributed by atoms with E-state index in [9.17, 15) is 9.90 Å². The Labute approximate surface area is 102 Å². The van der Waals surface area contributed by atoms with Gasteiger partial charge < -0.3 is 5.11 Å². The third-order valence-electron chi connectivity index (χ3n) is 2.24. The lowest BCUT2D eigenvalue weighted by molar-refractivity contribution is 0.194. The summed E-state index contributed by atoms with van der Waals surface area (Å²) in [5.74, 6) is 0. The van der Waals surface area contributed by atoms with Crippen LogP contribution >= 0.6 is 11.8 Å². The van der Waals surface area contributed by atoms with Gasteiger partial charge in [0.25, 0.3) is 0 Å². The summed E-state index contributed by atoms with van der Waals surface area (Å²) in [6, 6.07) is 3.58. The quantitative estimate of drug-likeness (QED) is 0.840. The van der Waals surface area contributed by atoms with E-state index in [0.29, 0.717) is 10.9 Å². The molecule has 0 unspecified atom stereocenters. The molecule has 0 spiro atoms. The maximum absolute atomic E-state index is 11.2. The van der Waals surface area contributed by atoms with Crippen LogP contribution in [0.3, 0.4) is 0 Å². The molecule has 2 heterocycles. The van der Waals surface area contributed by atoms with Crippen molar-refractivity contribution in [3.05, 3.63) is 34.5 Å². The fraction of sp³-hybridized carbons (Fsp3) is 0.300. The maximum atomic E-state index is 11.2. The van der Waals surface area contributed by atoms with Crippen LogP contribution in [0.15, 0.2) is 33.2 Å². The van der Waals surface area contributed by atoms with Gasteiger partial charge in [-0.3, -0.25) is 9.55 Å². The first-order chi connectivity index (χ1) is 8.08. The fourth-order valence-corrected chi connectivity index (χ4v) is 1.99. The molecule has 0 aromatic carbocycles. The minimum absolute atomic E-state index is 0.249. The molecule has 0 radical (unpaired) electrons. The maximum Gasteiger partial charge on any atom is 0.343 e. The average molecular weight is 252 g/mol. The molecule has 2 aromatic heterocycles. The Morgan fingerprint density at radius 3 is 2.76 bits per heavy atom. The molecule has 6 nitrogen and oxygen atoms in total. The normalized spacial score (nSPS) is 12.6. The number of rotatable bonds is 3. The second kappa shape index (κ2) is 4.72. The summed E-state index contributed by atoms with van der Waals surface area (Å²) in [6.45, 7) is 1.66. The molecule has 90 valence electrons. The molecular weight excluding hydrogens is 240 g/mol. The van der Waals surface area contributed by atoms with Gasteiger partial charge in [-0.25, -0.2) is 9.89 Å². The highest BCUT2D eigenvalue weighted by molar-refractivity contribution is 7.99. The second-order valence-corrected chi connectivity index (χ2v) is 4.61. The van der Waals surface area contributed by atoms with E-state index in [1.54, 1.807) is 26.2 Å². The summed E-state index contributed by atoms with van der Waals surface area (Å²) >= 11 is 1.33. The lowest BCUT2D eigenvalue weighted by Crippen LogP contribution is -2.12. The standard InChI is InChI=1S/C10H12N4O2S/c1-6(15)8-4-3-7(5-11-8)17-10-13-12-9(16)14(10)2/h3-6,15H,1-2H3,(H,12,16)/t6-/m0/s1. The number of nitrogens with zero attached hydrogens (tertiary/aromatic N) is 3. The zero-order valence-electron chi connectivity index (χ0n) is 9.41. The summed E-state index contributed by atoms with van der Waals surface area (Å²) < 4.78 is 1.42. The molecule has 2 N–H and O–H groups in total. The van der Waals surface area contributed by atoms with Crippen LogP contribution in [-0.4, -0.2) is 24.9 Å². The van der Waals surface area contributed by atoms with Crippen molar-refractivity contribution in [2.75, 3.05) is 0 Å². The molecule has 0 saturated heterocycles. The van der Waals surface area contributed by atoms with E-state index >= 15 is 0 Å². The number of aromatic nitrogens is 4. The van der Waals surface area contributed by atoms with E-state index in [1.165, 1.54) is 16.3 Å². The first kappa shape index (κ1) is 11.9. The lowest BCUT2D eigenvalue weighted by Gasteiger charge is -2.04. The van der Waals surface area contributed by atoms with Gasteiger partial charge in [-0.1, -0.05) is 0 Å². The average Bonchev–Trinajstić information content (AvgIpc) is 2.62. The third-order valence-corrected chi connectivity index (χ3v) is 3.26. The summed E-state index contributed by atoms with van der Waals surface area (Å²) in [6.07, 6.45) is 1.06. The largest absolute Gasteiger partial charge is 0.387 e. The number of aromatic amines is 1. The van der Waals surface area contributed by atoms with Gasteiger partial charge in [0.15, 0.2) is 5.16 Å². The summed E-state index contributed by atoms with van der Waals surface area (Å²) in [4.78, 5) is 16.1. The lowest BCUT2D eigenvalue weighted by atomic mass is 10.2. The van der Waals surface area contributed by atoms with Crippen LogP contribution in [0.4, 0.5) is 0 Å². The molecule has 0 aliphatic heterocycles. The Kier molecular flexibility index (Phi) is 3.30. The van der Waals surface area contributed by atoms with Gasteiger partial charge in [-0.05, 0) is 30.8 Å². The Morgan fingerprint density at radius 1 is 1.53 bits per heavy atom. The van der Waals surface area contributed by atoms with Crippen molar-refractivity contribution in [3.8, 4) is 0 Å². The Morgan fingerprint density at radius 2 is 2.29 bits per heavy atom. The zero-order valence-corrected chi connectivity index (χ0v) is 10.2. The number of pyridine rings is 1. The van der Waals surface area contributed by atoms with Crippen molar-refractivity contribution in [2.24, 2.45) is 7.05 Å². The molecule has 0 saturated carbocycles. The summed E-state index contributed by atoms with van der Waals surface area (Å²) in [7, 11) is 1.64. The molecule has 7 heteroatoms. The second-order valence-electron chi connectivity index (χ2n) is 3.57. The van der Waals surface area contributed by atoms with Gasteiger partial charge in [-0.2, -0.15) is 0 Å². The summed E-state index contributed by atoms with van der Waals surface area (Å²) in [5.41, 5.74) is 0.367. The fourth-order valence-electron chi connectivity index (χ4n) is 1.23. The number of hydrogen-bond acceptors (Lipinski definition) is 5. The number of H-pyrrole nitrogens is 1. The smallest absolute Gasteiger partial charge is 0.343 e. The van der Waals surface area contributed by atoms with Crippen LogP contribution in [0.2, 0.25) is 0 Å². The van der Waals surface area contributed by atoms with Gasteiger partial charge in [0.05, 0.1) is 11.8 Å². The van der Waals surface area contributed by atoms with Gasteiger partial charge in [0, 0.05) is 18.1 Å². The number of aliphatic hydroxyl groups is 1. The van der Waals surface area contributed by atoms with Crippen molar-refractivity contribution < 1.29 is 5.11 Å². The monoisotopic (exact) mass is 252 g/mol. The van der Waals surface area contributed by atoms with Crippen LogP contribution < -0.4 is 5.69 Å². The van der Waals surface area contributed by atoms with E-state index in [1.807, 2.05) is 6.07 Å². The number of hydrogen-bond donors (Lipinski definition) is 2. The predicted molar refractivity (Wildman–Crippen MR) is 62.8 cm³/mol. The van der Waals surface area contributed by atoms with Crippen molar-refractivity contribution in [3.63, 3.8) is 0 Å². The number of nitrogens with one attached hydrogen (secondary N) is 1. The van der Waals surface area contributed by atoms with Gasteiger partial charge in [-0.15, -0.1) is 5.10 Å².